The van der Waals surface area contributed by atoms with E-state index < -0.39 is 0 Å². The molecule has 1 aliphatic heterocycles. The van der Waals surface area contributed by atoms with Gasteiger partial charge in [-0.1, -0.05) is 47.5 Å². The number of amides is 2. The molecule has 5 nitrogen and oxygen atoms in total. The molecule has 0 saturated heterocycles. The van der Waals surface area contributed by atoms with Gasteiger partial charge in [-0.15, -0.1) is 0 Å². The Hall–Kier alpha value is -2.24. The standard InChI is InChI=1S/C21H23Cl2N3O2/c1-14-10-11-15-6-3-4-9-18(15)26(14)13-20(28)25(2)12-19(27)24-21-16(22)7-5-8-17(21)23/h3-9,14H,10-13H2,1-2H3,(H,24,27)/t14-/m1/s1. The fourth-order valence-corrected chi connectivity index (χ4v) is 3.86. The summed E-state index contributed by atoms with van der Waals surface area (Å²) in [5.74, 6) is -0.470. The van der Waals surface area contributed by atoms with Crippen molar-refractivity contribution >= 4 is 46.4 Å². The second-order valence-electron chi connectivity index (χ2n) is 7.04. The Morgan fingerprint density at radius 1 is 1.14 bits per heavy atom. The lowest BCUT2D eigenvalue weighted by Gasteiger charge is -2.37. The summed E-state index contributed by atoms with van der Waals surface area (Å²) in [7, 11) is 1.62. The SMILES string of the molecule is C[C@@H]1CCc2ccccc2N1CC(=O)N(C)CC(=O)Nc1c(Cl)cccc1Cl. The molecule has 0 spiro atoms. The van der Waals surface area contributed by atoms with Crippen LogP contribution in [0.4, 0.5) is 11.4 Å². The summed E-state index contributed by atoms with van der Waals surface area (Å²) in [6.07, 6.45) is 2.01. The highest BCUT2D eigenvalue weighted by Crippen LogP contribution is 2.31. The maximum absolute atomic E-state index is 12.7. The number of halogens is 2. The maximum Gasteiger partial charge on any atom is 0.244 e. The lowest BCUT2D eigenvalue weighted by Crippen LogP contribution is -2.46. The van der Waals surface area contributed by atoms with Gasteiger partial charge in [0.2, 0.25) is 11.8 Å². The van der Waals surface area contributed by atoms with Gasteiger partial charge in [-0.05, 0) is 43.5 Å². The first kappa shape index (κ1) is 20.5. The number of aryl methyl sites for hydroxylation is 1. The highest BCUT2D eigenvalue weighted by molar-refractivity contribution is 6.39. The van der Waals surface area contributed by atoms with Crippen molar-refractivity contribution in [2.45, 2.75) is 25.8 Å². The first-order chi connectivity index (χ1) is 13.4. The minimum atomic E-state index is -0.349. The number of carbonyl (C=O) groups is 2. The summed E-state index contributed by atoms with van der Waals surface area (Å²) in [5.41, 5.74) is 2.70. The number of nitrogens with one attached hydrogen (secondary N) is 1. The van der Waals surface area contributed by atoms with Crippen LogP contribution in [0.5, 0.6) is 0 Å². The van der Waals surface area contributed by atoms with E-state index in [9.17, 15) is 9.59 Å². The number of nitrogens with zero attached hydrogens (tertiary/aromatic N) is 2. The van der Waals surface area contributed by atoms with E-state index in [1.54, 1.807) is 25.2 Å². The van der Waals surface area contributed by atoms with E-state index in [2.05, 4.69) is 23.2 Å². The van der Waals surface area contributed by atoms with Crippen LogP contribution in [0, 0.1) is 0 Å². The molecule has 2 amide bonds. The van der Waals surface area contributed by atoms with E-state index >= 15 is 0 Å². The Labute approximate surface area is 175 Å². The van der Waals surface area contributed by atoms with Gasteiger partial charge >= 0.3 is 0 Å². The fraction of sp³-hybridized carbons (Fsp3) is 0.333. The molecule has 0 saturated carbocycles. The highest BCUT2D eigenvalue weighted by atomic mass is 35.5. The largest absolute Gasteiger partial charge is 0.359 e. The molecule has 3 rings (SSSR count). The van der Waals surface area contributed by atoms with Crippen LogP contribution in [0.15, 0.2) is 42.5 Å². The summed E-state index contributed by atoms with van der Waals surface area (Å²) >= 11 is 12.2. The predicted octanol–water partition coefficient (Wildman–Crippen LogP) is 4.23. The van der Waals surface area contributed by atoms with Crippen molar-refractivity contribution in [2.75, 3.05) is 30.4 Å². The van der Waals surface area contributed by atoms with Gasteiger partial charge in [0.25, 0.3) is 0 Å². The molecule has 0 radical (unpaired) electrons. The van der Waals surface area contributed by atoms with Gasteiger partial charge < -0.3 is 15.1 Å². The van der Waals surface area contributed by atoms with Gasteiger partial charge in [0.05, 0.1) is 28.8 Å². The summed E-state index contributed by atoms with van der Waals surface area (Å²) in [4.78, 5) is 28.6. The Morgan fingerprint density at radius 2 is 1.82 bits per heavy atom. The lowest BCUT2D eigenvalue weighted by molar-refractivity contribution is -0.132. The van der Waals surface area contributed by atoms with E-state index in [-0.39, 0.29) is 30.9 Å². The molecule has 2 aromatic carbocycles. The number of fused-ring (bicyclic) bond motifs is 1. The highest BCUT2D eigenvalue weighted by Gasteiger charge is 2.26. The monoisotopic (exact) mass is 419 g/mol. The molecule has 7 heteroatoms. The van der Waals surface area contributed by atoms with E-state index in [1.165, 1.54) is 10.5 Å². The van der Waals surface area contributed by atoms with Crippen LogP contribution in [-0.2, 0) is 16.0 Å². The Kier molecular flexibility index (Phi) is 6.47. The molecule has 148 valence electrons. The minimum Gasteiger partial charge on any atom is -0.359 e. The van der Waals surface area contributed by atoms with Crippen LogP contribution in [0.2, 0.25) is 10.0 Å². The van der Waals surface area contributed by atoms with E-state index in [1.807, 2.05) is 18.2 Å². The van der Waals surface area contributed by atoms with E-state index in [4.69, 9.17) is 23.2 Å². The normalized spacial score (nSPS) is 15.7. The summed E-state index contributed by atoms with van der Waals surface area (Å²) in [5, 5.41) is 3.39. The van der Waals surface area contributed by atoms with Gasteiger partial charge in [-0.2, -0.15) is 0 Å². The Bertz CT molecular complexity index is 867. The van der Waals surface area contributed by atoms with Gasteiger partial charge in [-0.25, -0.2) is 0 Å². The third-order valence-electron chi connectivity index (χ3n) is 5.00. The summed E-state index contributed by atoms with van der Waals surface area (Å²) in [6, 6.07) is 13.4. The molecule has 0 unspecified atom stereocenters. The van der Waals surface area contributed by atoms with E-state index in [0.29, 0.717) is 15.7 Å². The van der Waals surface area contributed by atoms with Gasteiger partial charge in [0.1, 0.15) is 0 Å². The lowest BCUT2D eigenvalue weighted by atomic mass is 9.96. The Morgan fingerprint density at radius 3 is 2.54 bits per heavy atom. The second-order valence-corrected chi connectivity index (χ2v) is 7.85. The molecule has 28 heavy (non-hydrogen) atoms. The van der Waals surface area contributed by atoms with Crippen LogP contribution in [0.1, 0.15) is 18.9 Å². The van der Waals surface area contributed by atoms with Crippen LogP contribution in [-0.4, -0.2) is 42.9 Å². The molecule has 1 heterocycles. The van der Waals surface area contributed by atoms with Crippen LogP contribution < -0.4 is 10.2 Å². The van der Waals surface area contributed by atoms with Crippen molar-refractivity contribution in [1.29, 1.82) is 0 Å². The third kappa shape index (κ3) is 4.59. The van der Waals surface area contributed by atoms with Gasteiger partial charge in [0.15, 0.2) is 0 Å². The predicted molar refractivity (Wildman–Crippen MR) is 114 cm³/mol. The van der Waals surface area contributed by atoms with E-state index in [0.717, 1.165) is 18.5 Å². The molecule has 0 fully saturated rings. The number of likely N-dealkylation sites (N-methyl/N-ethyl adjacent to an activating group) is 1. The number of hydrogen-bond donors (Lipinski definition) is 1. The van der Waals surface area contributed by atoms with Crippen molar-refractivity contribution < 1.29 is 9.59 Å². The van der Waals surface area contributed by atoms with Crippen LogP contribution in [0.3, 0.4) is 0 Å². The molecular weight excluding hydrogens is 397 g/mol. The average Bonchev–Trinajstić information content (AvgIpc) is 2.67. The molecule has 0 bridgehead atoms. The van der Waals surface area contributed by atoms with Crippen molar-refractivity contribution in [2.24, 2.45) is 0 Å². The van der Waals surface area contributed by atoms with Gasteiger partial charge in [-0.3, -0.25) is 9.59 Å². The van der Waals surface area contributed by atoms with Crippen molar-refractivity contribution in [3.8, 4) is 0 Å². The minimum absolute atomic E-state index is 0.0791. The number of para-hydroxylation sites is 2. The van der Waals surface area contributed by atoms with Gasteiger partial charge in [0, 0.05) is 18.8 Å². The van der Waals surface area contributed by atoms with Crippen LogP contribution in [0.25, 0.3) is 0 Å². The topological polar surface area (TPSA) is 52.7 Å². The third-order valence-corrected chi connectivity index (χ3v) is 5.63. The first-order valence-electron chi connectivity index (χ1n) is 9.19. The zero-order valence-corrected chi connectivity index (χ0v) is 17.4. The smallest absolute Gasteiger partial charge is 0.244 e. The average molecular weight is 420 g/mol. The zero-order valence-electron chi connectivity index (χ0n) is 15.9. The zero-order chi connectivity index (χ0) is 20.3. The molecule has 1 atom stereocenters. The summed E-state index contributed by atoms with van der Waals surface area (Å²) in [6.45, 7) is 2.27. The molecule has 2 aromatic rings. The second kappa shape index (κ2) is 8.84. The summed E-state index contributed by atoms with van der Waals surface area (Å²) < 4.78 is 0. The number of rotatable bonds is 5. The number of benzene rings is 2. The van der Waals surface area contributed by atoms with Crippen LogP contribution >= 0.6 is 23.2 Å². The van der Waals surface area contributed by atoms with Crippen molar-refractivity contribution in [3.05, 3.63) is 58.1 Å². The fourth-order valence-electron chi connectivity index (χ4n) is 3.37. The number of hydrogen-bond acceptors (Lipinski definition) is 3. The molecule has 1 aliphatic rings. The molecule has 1 N–H and O–H groups in total. The quantitative estimate of drug-likeness (QED) is 0.788. The Balaban J connectivity index is 1.63. The molecule has 0 aliphatic carbocycles. The molecule has 0 aromatic heterocycles. The number of anilines is 2. The van der Waals surface area contributed by atoms with Crippen molar-refractivity contribution in [3.63, 3.8) is 0 Å². The maximum atomic E-state index is 12.7. The first-order valence-corrected chi connectivity index (χ1v) is 9.94. The molecular formula is C21H23Cl2N3O2. The number of carbonyl (C=O) groups excluding carboxylic acids is 2. The van der Waals surface area contributed by atoms with Crippen molar-refractivity contribution in [1.82, 2.24) is 4.90 Å².